The summed E-state index contributed by atoms with van der Waals surface area (Å²) in [4.78, 5) is 0. The van der Waals surface area contributed by atoms with Crippen LogP contribution in [0.1, 0.15) is 24.1 Å². The van der Waals surface area contributed by atoms with Crippen LogP contribution in [-0.2, 0) is 6.61 Å². The van der Waals surface area contributed by atoms with Crippen molar-refractivity contribution in [3.05, 3.63) is 63.6 Å². The average molecular weight is 342 g/mol. The lowest BCUT2D eigenvalue weighted by atomic mass is 10.1. The Morgan fingerprint density at radius 1 is 1.15 bits per heavy atom. The van der Waals surface area contributed by atoms with Gasteiger partial charge < -0.3 is 10.5 Å². The highest BCUT2D eigenvalue weighted by Crippen LogP contribution is 2.28. The molecular weight excluding hydrogens is 328 g/mol. The number of hydrogen-bond donors (Lipinski definition) is 1. The minimum absolute atomic E-state index is 0.0743. The molecule has 0 heterocycles. The fraction of sp³-hybridized carbons (Fsp3) is 0.200. The molecule has 0 aliphatic carbocycles. The lowest BCUT2D eigenvalue weighted by Gasteiger charge is -2.14. The molecule has 0 aliphatic rings. The van der Waals surface area contributed by atoms with Gasteiger partial charge in [-0.3, -0.25) is 0 Å². The predicted molar refractivity (Wildman–Crippen MR) is 77.4 cm³/mol. The van der Waals surface area contributed by atoms with Crippen molar-refractivity contribution in [1.82, 2.24) is 0 Å². The van der Waals surface area contributed by atoms with Crippen molar-refractivity contribution in [1.29, 1.82) is 0 Å². The van der Waals surface area contributed by atoms with Gasteiger partial charge in [0.1, 0.15) is 24.0 Å². The standard InChI is InChI=1S/C15H14BrF2NO/c1-9(19)14-3-2-11(16)6-15(14)20-8-10-4-12(17)7-13(18)5-10/h2-7,9H,8,19H2,1H3. The molecule has 1 atom stereocenters. The second kappa shape index (κ2) is 6.33. The van der Waals surface area contributed by atoms with Gasteiger partial charge in [0.15, 0.2) is 0 Å². The summed E-state index contributed by atoms with van der Waals surface area (Å²) in [6, 6.07) is 8.63. The van der Waals surface area contributed by atoms with Crippen molar-refractivity contribution in [2.24, 2.45) is 5.73 Å². The van der Waals surface area contributed by atoms with Crippen LogP contribution in [0.5, 0.6) is 5.75 Å². The second-order valence-electron chi connectivity index (χ2n) is 4.54. The van der Waals surface area contributed by atoms with Crippen molar-refractivity contribution in [3.8, 4) is 5.75 Å². The fourth-order valence-electron chi connectivity index (χ4n) is 1.86. The molecule has 1 unspecified atom stereocenters. The van der Waals surface area contributed by atoms with Crippen molar-refractivity contribution >= 4 is 15.9 Å². The van der Waals surface area contributed by atoms with E-state index in [1.165, 1.54) is 12.1 Å². The van der Waals surface area contributed by atoms with E-state index in [1.807, 2.05) is 19.1 Å². The zero-order valence-corrected chi connectivity index (χ0v) is 12.5. The van der Waals surface area contributed by atoms with Crippen LogP contribution in [0.2, 0.25) is 0 Å². The van der Waals surface area contributed by atoms with Crippen LogP contribution >= 0.6 is 15.9 Å². The van der Waals surface area contributed by atoms with Gasteiger partial charge in [-0.1, -0.05) is 22.0 Å². The normalized spacial score (nSPS) is 12.2. The van der Waals surface area contributed by atoms with E-state index in [4.69, 9.17) is 10.5 Å². The van der Waals surface area contributed by atoms with Gasteiger partial charge in [0, 0.05) is 22.1 Å². The zero-order valence-electron chi connectivity index (χ0n) is 10.9. The Morgan fingerprint density at radius 2 is 1.80 bits per heavy atom. The highest BCUT2D eigenvalue weighted by Gasteiger charge is 2.09. The van der Waals surface area contributed by atoms with Gasteiger partial charge in [-0.15, -0.1) is 0 Å². The van der Waals surface area contributed by atoms with Gasteiger partial charge in [-0.25, -0.2) is 8.78 Å². The topological polar surface area (TPSA) is 35.2 Å². The molecule has 2 rings (SSSR count). The molecule has 5 heteroatoms. The van der Waals surface area contributed by atoms with Crippen LogP contribution < -0.4 is 10.5 Å². The lowest BCUT2D eigenvalue weighted by Crippen LogP contribution is -2.08. The van der Waals surface area contributed by atoms with E-state index >= 15 is 0 Å². The molecule has 2 N–H and O–H groups in total. The first-order valence-corrected chi connectivity index (χ1v) is 6.88. The number of benzene rings is 2. The molecule has 0 radical (unpaired) electrons. The lowest BCUT2D eigenvalue weighted by molar-refractivity contribution is 0.300. The molecule has 0 amide bonds. The van der Waals surface area contributed by atoms with Gasteiger partial charge >= 0.3 is 0 Å². The first-order valence-electron chi connectivity index (χ1n) is 6.08. The molecular formula is C15H14BrF2NO. The largest absolute Gasteiger partial charge is 0.489 e. The smallest absolute Gasteiger partial charge is 0.126 e. The van der Waals surface area contributed by atoms with Crippen LogP contribution in [0.15, 0.2) is 40.9 Å². The summed E-state index contributed by atoms with van der Waals surface area (Å²) in [7, 11) is 0. The van der Waals surface area contributed by atoms with Crippen molar-refractivity contribution in [3.63, 3.8) is 0 Å². The first kappa shape index (κ1) is 14.9. The maximum absolute atomic E-state index is 13.1. The number of hydrogen-bond acceptors (Lipinski definition) is 2. The Labute approximate surface area is 124 Å². The van der Waals surface area contributed by atoms with E-state index in [1.54, 1.807) is 6.07 Å². The first-order chi connectivity index (χ1) is 9.45. The van der Waals surface area contributed by atoms with E-state index in [9.17, 15) is 8.78 Å². The van der Waals surface area contributed by atoms with Gasteiger partial charge in [-0.05, 0) is 36.8 Å². The summed E-state index contributed by atoms with van der Waals surface area (Å²) < 4.78 is 32.7. The number of nitrogens with two attached hydrogens (primary N) is 1. The second-order valence-corrected chi connectivity index (χ2v) is 5.45. The molecule has 2 nitrogen and oxygen atoms in total. The van der Waals surface area contributed by atoms with Gasteiger partial charge in [0.2, 0.25) is 0 Å². The zero-order chi connectivity index (χ0) is 14.7. The van der Waals surface area contributed by atoms with E-state index in [0.29, 0.717) is 11.3 Å². The third-order valence-corrected chi connectivity index (χ3v) is 3.28. The van der Waals surface area contributed by atoms with Crippen molar-refractivity contribution in [2.75, 3.05) is 0 Å². The number of halogens is 3. The third kappa shape index (κ3) is 3.77. The summed E-state index contributed by atoms with van der Waals surface area (Å²) in [6.45, 7) is 1.92. The monoisotopic (exact) mass is 341 g/mol. The Morgan fingerprint density at radius 3 is 2.40 bits per heavy atom. The van der Waals surface area contributed by atoms with Crippen molar-refractivity contribution in [2.45, 2.75) is 19.6 Å². The molecule has 0 bridgehead atoms. The summed E-state index contributed by atoms with van der Waals surface area (Å²) >= 11 is 3.35. The van der Waals surface area contributed by atoms with Crippen LogP contribution in [0.25, 0.3) is 0 Å². The van der Waals surface area contributed by atoms with E-state index < -0.39 is 11.6 Å². The molecule has 0 spiro atoms. The average Bonchev–Trinajstić information content (AvgIpc) is 2.35. The number of ether oxygens (including phenoxy) is 1. The van der Waals surface area contributed by atoms with Gasteiger partial charge in [-0.2, -0.15) is 0 Å². The van der Waals surface area contributed by atoms with E-state index in [-0.39, 0.29) is 12.6 Å². The Kier molecular flexibility index (Phi) is 4.73. The molecule has 0 fully saturated rings. The SMILES string of the molecule is CC(N)c1ccc(Br)cc1OCc1cc(F)cc(F)c1. The Hall–Kier alpha value is -1.46. The highest BCUT2D eigenvalue weighted by molar-refractivity contribution is 9.10. The summed E-state index contributed by atoms with van der Waals surface area (Å²) in [5.74, 6) is -0.644. The van der Waals surface area contributed by atoms with Gasteiger partial charge in [0.05, 0.1) is 0 Å². The summed E-state index contributed by atoms with van der Waals surface area (Å²) in [5, 5.41) is 0. The Bertz CT molecular complexity index is 597. The van der Waals surface area contributed by atoms with E-state index in [0.717, 1.165) is 16.1 Å². The molecule has 20 heavy (non-hydrogen) atoms. The maximum Gasteiger partial charge on any atom is 0.126 e. The van der Waals surface area contributed by atoms with E-state index in [2.05, 4.69) is 15.9 Å². The highest BCUT2D eigenvalue weighted by atomic mass is 79.9. The predicted octanol–water partition coefficient (Wildman–Crippen LogP) is 4.33. The Balaban J connectivity index is 2.20. The summed E-state index contributed by atoms with van der Waals surface area (Å²) in [5.41, 5.74) is 7.13. The molecule has 0 saturated carbocycles. The molecule has 2 aromatic carbocycles. The minimum atomic E-state index is -0.620. The maximum atomic E-state index is 13.1. The molecule has 0 aromatic heterocycles. The van der Waals surface area contributed by atoms with Gasteiger partial charge in [0.25, 0.3) is 0 Å². The van der Waals surface area contributed by atoms with Crippen LogP contribution in [-0.4, -0.2) is 0 Å². The quantitative estimate of drug-likeness (QED) is 0.898. The molecule has 0 aliphatic heterocycles. The van der Waals surface area contributed by atoms with Crippen LogP contribution in [0.4, 0.5) is 8.78 Å². The molecule has 2 aromatic rings. The third-order valence-electron chi connectivity index (χ3n) is 2.78. The minimum Gasteiger partial charge on any atom is -0.489 e. The van der Waals surface area contributed by atoms with Crippen LogP contribution in [0, 0.1) is 11.6 Å². The number of rotatable bonds is 4. The van der Waals surface area contributed by atoms with Crippen molar-refractivity contribution < 1.29 is 13.5 Å². The fourth-order valence-corrected chi connectivity index (χ4v) is 2.20. The summed E-state index contributed by atoms with van der Waals surface area (Å²) in [6.07, 6.45) is 0. The molecule has 0 saturated heterocycles. The van der Waals surface area contributed by atoms with Crippen LogP contribution in [0.3, 0.4) is 0 Å². The molecule has 106 valence electrons.